The third-order valence-electron chi connectivity index (χ3n) is 1.75. The van der Waals surface area contributed by atoms with Crippen LogP contribution in [0.25, 0.3) is 0 Å². The molecule has 1 aromatic rings. The van der Waals surface area contributed by atoms with Crippen molar-refractivity contribution in [3.05, 3.63) is 35.6 Å². The largest absolute Gasteiger partial charge is 0.480 e. The van der Waals surface area contributed by atoms with Crippen LogP contribution in [0.3, 0.4) is 0 Å². The van der Waals surface area contributed by atoms with E-state index in [0.29, 0.717) is 5.56 Å². The Balaban J connectivity index is 2.38. The molecule has 0 bridgehead atoms. The van der Waals surface area contributed by atoms with Crippen molar-refractivity contribution in [2.24, 2.45) is 0 Å². The van der Waals surface area contributed by atoms with E-state index in [2.05, 4.69) is 0 Å². The van der Waals surface area contributed by atoms with E-state index in [1.165, 1.54) is 6.07 Å². The lowest BCUT2D eigenvalue weighted by Crippen LogP contribution is -2.19. The predicted molar refractivity (Wildman–Crippen MR) is 53.3 cm³/mol. The molecule has 15 heavy (non-hydrogen) atoms. The van der Waals surface area contributed by atoms with E-state index < -0.39 is 11.3 Å². The molecular formula is C10H10ClFO3. The molecule has 0 aromatic heterocycles. The summed E-state index contributed by atoms with van der Waals surface area (Å²) in [4.78, 5) is 10.3. The van der Waals surface area contributed by atoms with E-state index in [9.17, 15) is 9.18 Å². The Bertz CT molecular complexity index is 343. The van der Waals surface area contributed by atoms with Gasteiger partial charge in [0.25, 0.3) is 0 Å². The summed E-state index contributed by atoms with van der Waals surface area (Å²) < 4.78 is 18.0. The van der Waals surface area contributed by atoms with Crippen LogP contribution in [0.15, 0.2) is 24.3 Å². The van der Waals surface area contributed by atoms with Gasteiger partial charge < -0.3 is 9.84 Å². The smallest absolute Gasteiger partial charge is 0.324 e. The molecule has 1 aromatic carbocycles. The van der Waals surface area contributed by atoms with Gasteiger partial charge >= 0.3 is 5.97 Å². The van der Waals surface area contributed by atoms with Crippen LogP contribution in [0.2, 0.25) is 0 Å². The van der Waals surface area contributed by atoms with E-state index in [1.54, 1.807) is 18.2 Å². The molecule has 0 amide bonds. The molecule has 0 aliphatic heterocycles. The highest BCUT2D eigenvalue weighted by molar-refractivity contribution is 6.29. The molecule has 0 saturated heterocycles. The van der Waals surface area contributed by atoms with Crippen LogP contribution in [0.4, 0.5) is 4.39 Å². The van der Waals surface area contributed by atoms with Gasteiger partial charge in [0.15, 0.2) is 5.38 Å². The summed E-state index contributed by atoms with van der Waals surface area (Å²) in [5.41, 5.74) is 0.381. The first-order valence-corrected chi connectivity index (χ1v) is 4.73. The molecule has 1 rings (SSSR count). The number of halogens is 2. The van der Waals surface area contributed by atoms with Gasteiger partial charge in [0.2, 0.25) is 0 Å². The normalized spacial score (nSPS) is 12.4. The molecule has 82 valence electrons. The number of benzene rings is 1. The summed E-state index contributed by atoms with van der Waals surface area (Å²) in [7, 11) is 0. The monoisotopic (exact) mass is 232 g/mol. The van der Waals surface area contributed by atoms with Crippen molar-refractivity contribution in [2.75, 3.05) is 6.61 Å². The van der Waals surface area contributed by atoms with Gasteiger partial charge in [-0.05, 0) is 6.07 Å². The molecule has 0 spiro atoms. The van der Waals surface area contributed by atoms with Crippen molar-refractivity contribution < 1.29 is 19.0 Å². The van der Waals surface area contributed by atoms with E-state index in [1.807, 2.05) is 0 Å². The minimum absolute atomic E-state index is 0.0170. The average molecular weight is 233 g/mol. The van der Waals surface area contributed by atoms with Crippen LogP contribution in [0.1, 0.15) is 5.56 Å². The zero-order chi connectivity index (χ0) is 11.3. The molecule has 0 aliphatic carbocycles. The maximum Gasteiger partial charge on any atom is 0.324 e. The Labute approximate surface area is 91.4 Å². The van der Waals surface area contributed by atoms with Gasteiger partial charge in [0.05, 0.1) is 13.2 Å². The fraction of sp³-hybridized carbons (Fsp3) is 0.300. The first-order valence-electron chi connectivity index (χ1n) is 4.29. The number of hydrogen-bond donors (Lipinski definition) is 1. The quantitative estimate of drug-likeness (QED) is 0.791. The molecule has 0 aliphatic rings. The number of carboxylic acid groups (broad SMARTS) is 1. The van der Waals surface area contributed by atoms with Crippen molar-refractivity contribution in [2.45, 2.75) is 12.0 Å². The summed E-state index contributed by atoms with van der Waals surface area (Å²) in [5, 5.41) is 7.35. The van der Waals surface area contributed by atoms with Gasteiger partial charge in [-0.15, -0.1) is 11.6 Å². The molecule has 0 heterocycles. The number of carboxylic acids is 1. The first kappa shape index (κ1) is 11.9. The summed E-state index contributed by atoms with van der Waals surface area (Å²) >= 11 is 5.40. The minimum Gasteiger partial charge on any atom is -0.480 e. The first-order chi connectivity index (χ1) is 7.11. The predicted octanol–water partition coefficient (Wildman–Crippen LogP) is 2.03. The topological polar surface area (TPSA) is 46.5 Å². The number of rotatable bonds is 5. The van der Waals surface area contributed by atoms with Crippen LogP contribution in [-0.2, 0) is 16.1 Å². The lowest BCUT2D eigenvalue weighted by molar-refractivity contribution is -0.137. The number of ether oxygens (including phenoxy) is 1. The molecule has 0 saturated carbocycles. The van der Waals surface area contributed by atoms with Crippen molar-refractivity contribution >= 4 is 17.6 Å². The van der Waals surface area contributed by atoms with Gasteiger partial charge in [0, 0.05) is 5.56 Å². The van der Waals surface area contributed by atoms with E-state index in [-0.39, 0.29) is 19.0 Å². The second-order valence-corrected chi connectivity index (χ2v) is 3.44. The third kappa shape index (κ3) is 3.85. The number of carbonyl (C=O) groups is 1. The highest BCUT2D eigenvalue weighted by Gasteiger charge is 2.13. The SMILES string of the molecule is O=C(O)C(Cl)COCc1ccccc1F. The molecule has 5 heteroatoms. The lowest BCUT2D eigenvalue weighted by Gasteiger charge is -2.06. The number of hydrogen-bond acceptors (Lipinski definition) is 2. The fourth-order valence-electron chi connectivity index (χ4n) is 0.959. The fourth-order valence-corrected chi connectivity index (χ4v) is 1.05. The Morgan fingerprint density at radius 2 is 2.20 bits per heavy atom. The standard InChI is InChI=1S/C10H10ClFO3/c11-8(10(13)14)6-15-5-7-3-1-2-4-9(7)12/h1-4,8H,5-6H2,(H,13,14). The molecule has 0 radical (unpaired) electrons. The zero-order valence-electron chi connectivity index (χ0n) is 7.82. The maximum absolute atomic E-state index is 13.0. The maximum atomic E-state index is 13.0. The molecule has 1 atom stereocenters. The van der Waals surface area contributed by atoms with Gasteiger partial charge in [-0.2, -0.15) is 0 Å². The molecule has 1 unspecified atom stereocenters. The summed E-state index contributed by atoms with van der Waals surface area (Å²) in [5.74, 6) is -1.52. The van der Waals surface area contributed by atoms with Gasteiger partial charge in [0.1, 0.15) is 5.82 Å². The van der Waals surface area contributed by atoms with E-state index in [0.717, 1.165) is 0 Å². The van der Waals surface area contributed by atoms with Crippen molar-refractivity contribution in [1.29, 1.82) is 0 Å². The van der Waals surface area contributed by atoms with Crippen LogP contribution in [0.5, 0.6) is 0 Å². The second-order valence-electron chi connectivity index (χ2n) is 2.91. The Morgan fingerprint density at radius 1 is 1.53 bits per heavy atom. The average Bonchev–Trinajstić information content (AvgIpc) is 2.20. The van der Waals surface area contributed by atoms with Gasteiger partial charge in [-0.25, -0.2) is 4.39 Å². The third-order valence-corrected chi connectivity index (χ3v) is 2.06. The van der Waals surface area contributed by atoms with Crippen molar-refractivity contribution in [1.82, 2.24) is 0 Å². The molecule has 1 N–H and O–H groups in total. The van der Waals surface area contributed by atoms with E-state index >= 15 is 0 Å². The minimum atomic E-state index is -1.15. The van der Waals surface area contributed by atoms with Gasteiger partial charge in [-0.1, -0.05) is 18.2 Å². The zero-order valence-corrected chi connectivity index (χ0v) is 8.58. The Morgan fingerprint density at radius 3 is 2.80 bits per heavy atom. The highest BCUT2D eigenvalue weighted by atomic mass is 35.5. The summed E-state index contributed by atoms with van der Waals surface area (Å²) in [6, 6.07) is 6.13. The summed E-state index contributed by atoms with van der Waals surface area (Å²) in [6.45, 7) is -0.131. The van der Waals surface area contributed by atoms with Crippen molar-refractivity contribution in [3.8, 4) is 0 Å². The molecule has 0 fully saturated rings. The number of aliphatic carboxylic acids is 1. The highest BCUT2D eigenvalue weighted by Crippen LogP contribution is 2.08. The van der Waals surface area contributed by atoms with Crippen molar-refractivity contribution in [3.63, 3.8) is 0 Å². The summed E-state index contributed by atoms with van der Waals surface area (Å²) in [6.07, 6.45) is 0. The van der Waals surface area contributed by atoms with Crippen LogP contribution in [-0.4, -0.2) is 23.1 Å². The Hall–Kier alpha value is -1.13. The number of alkyl halides is 1. The molecular weight excluding hydrogens is 223 g/mol. The van der Waals surface area contributed by atoms with Crippen LogP contribution < -0.4 is 0 Å². The Kier molecular flexibility index (Phi) is 4.52. The van der Waals surface area contributed by atoms with Gasteiger partial charge in [-0.3, -0.25) is 4.79 Å². The van der Waals surface area contributed by atoms with Crippen LogP contribution in [0, 0.1) is 5.82 Å². The molecule has 3 nitrogen and oxygen atoms in total. The van der Waals surface area contributed by atoms with Crippen LogP contribution >= 0.6 is 11.6 Å². The lowest BCUT2D eigenvalue weighted by atomic mass is 10.2. The second kappa shape index (κ2) is 5.68. The van der Waals surface area contributed by atoms with E-state index in [4.69, 9.17) is 21.4 Å².